The molecule has 0 spiro atoms. The normalized spacial score (nSPS) is 10.4. The van der Waals surface area contributed by atoms with E-state index in [4.69, 9.17) is 0 Å². The Bertz CT molecular complexity index is 297. The van der Waals surface area contributed by atoms with Crippen LogP contribution in [0.5, 0.6) is 0 Å². The molecular weight excluding hydrogens is 179 g/mol. The minimum atomic E-state index is -0.213. The van der Waals surface area contributed by atoms with Crippen molar-refractivity contribution < 1.29 is 4.39 Å². The van der Waals surface area contributed by atoms with E-state index in [9.17, 15) is 4.39 Å². The molecule has 0 atom stereocenters. The average Bonchev–Trinajstić information content (AvgIpc) is 2.09. The lowest BCUT2D eigenvalue weighted by Gasteiger charge is -2.15. The molecule has 0 aromatic heterocycles. The molecule has 0 aliphatic carbocycles. The van der Waals surface area contributed by atoms with Gasteiger partial charge in [-0.25, -0.2) is 4.39 Å². The van der Waals surface area contributed by atoms with Crippen LogP contribution in [0.3, 0.4) is 0 Å². The van der Waals surface area contributed by atoms with Crippen LogP contribution < -0.4 is 10.6 Å². The van der Waals surface area contributed by atoms with Gasteiger partial charge >= 0.3 is 0 Å². The lowest BCUT2D eigenvalue weighted by molar-refractivity contribution is 0.628. The molecule has 0 unspecified atom stereocenters. The first-order valence-electron chi connectivity index (χ1n) is 4.93. The zero-order chi connectivity index (χ0) is 10.6. The van der Waals surface area contributed by atoms with E-state index in [0.717, 1.165) is 17.9 Å². The number of anilines is 2. The van der Waals surface area contributed by atoms with Crippen molar-refractivity contribution in [2.45, 2.75) is 26.8 Å². The molecule has 0 radical (unpaired) electrons. The van der Waals surface area contributed by atoms with Crippen LogP contribution in [-0.2, 0) is 0 Å². The second kappa shape index (κ2) is 4.84. The van der Waals surface area contributed by atoms with Crippen LogP contribution >= 0.6 is 0 Å². The number of benzene rings is 1. The van der Waals surface area contributed by atoms with Crippen LogP contribution in [-0.4, -0.2) is 12.6 Å². The Morgan fingerprint density at radius 3 is 2.57 bits per heavy atom. The second-order valence-corrected chi connectivity index (χ2v) is 3.52. The minimum Gasteiger partial charge on any atom is -0.384 e. The van der Waals surface area contributed by atoms with E-state index in [1.54, 1.807) is 6.07 Å². The van der Waals surface area contributed by atoms with Gasteiger partial charge in [0, 0.05) is 12.6 Å². The van der Waals surface area contributed by atoms with Crippen molar-refractivity contribution in [1.29, 1.82) is 0 Å². The van der Waals surface area contributed by atoms with Crippen LogP contribution in [0.1, 0.15) is 20.8 Å². The Hall–Kier alpha value is -1.25. The quantitative estimate of drug-likeness (QED) is 0.773. The molecule has 1 aromatic rings. The third-order valence-electron chi connectivity index (χ3n) is 1.79. The summed E-state index contributed by atoms with van der Waals surface area (Å²) in [6.07, 6.45) is 0. The molecule has 0 amide bonds. The van der Waals surface area contributed by atoms with Crippen LogP contribution in [0.25, 0.3) is 0 Å². The number of rotatable bonds is 4. The molecule has 1 aromatic carbocycles. The van der Waals surface area contributed by atoms with E-state index in [1.165, 1.54) is 12.1 Å². The van der Waals surface area contributed by atoms with Gasteiger partial charge in [-0.05, 0) is 39.0 Å². The van der Waals surface area contributed by atoms with Crippen LogP contribution in [0.2, 0.25) is 0 Å². The van der Waals surface area contributed by atoms with Gasteiger partial charge in [-0.2, -0.15) is 0 Å². The molecule has 2 N–H and O–H groups in total. The molecule has 0 heterocycles. The highest BCUT2D eigenvalue weighted by atomic mass is 19.1. The fourth-order valence-corrected chi connectivity index (χ4v) is 1.29. The molecule has 0 aliphatic heterocycles. The van der Waals surface area contributed by atoms with Crippen molar-refractivity contribution in [1.82, 2.24) is 0 Å². The highest BCUT2D eigenvalue weighted by Crippen LogP contribution is 2.23. The van der Waals surface area contributed by atoms with E-state index >= 15 is 0 Å². The molecule has 0 saturated heterocycles. The lowest BCUT2D eigenvalue weighted by atomic mass is 10.2. The van der Waals surface area contributed by atoms with E-state index in [2.05, 4.69) is 10.6 Å². The fourth-order valence-electron chi connectivity index (χ4n) is 1.29. The van der Waals surface area contributed by atoms with Gasteiger partial charge in [-0.1, -0.05) is 0 Å². The molecule has 14 heavy (non-hydrogen) atoms. The summed E-state index contributed by atoms with van der Waals surface area (Å²) in [5, 5.41) is 6.38. The summed E-state index contributed by atoms with van der Waals surface area (Å²) in [5.74, 6) is -0.213. The monoisotopic (exact) mass is 196 g/mol. The van der Waals surface area contributed by atoms with E-state index in [-0.39, 0.29) is 5.82 Å². The maximum Gasteiger partial charge on any atom is 0.125 e. The summed E-state index contributed by atoms with van der Waals surface area (Å²) in [6.45, 7) is 6.90. The topological polar surface area (TPSA) is 24.1 Å². The smallest absolute Gasteiger partial charge is 0.125 e. The third-order valence-corrected chi connectivity index (χ3v) is 1.79. The fraction of sp³-hybridized carbons (Fsp3) is 0.455. The number of nitrogens with one attached hydrogen (secondary N) is 2. The lowest BCUT2D eigenvalue weighted by Crippen LogP contribution is -2.12. The first kappa shape index (κ1) is 10.8. The molecular formula is C11H17FN2. The van der Waals surface area contributed by atoms with Gasteiger partial charge in [0.05, 0.1) is 11.4 Å². The molecule has 0 fully saturated rings. The first-order valence-corrected chi connectivity index (χ1v) is 4.93. The van der Waals surface area contributed by atoms with Crippen molar-refractivity contribution in [3.63, 3.8) is 0 Å². The summed E-state index contributed by atoms with van der Waals surface area (Å²) in [5.41, 5.74) is 1.77. The largest absolute Gasteiger partial charge is 0.384 e. The summed E-state index contributed by atoms with van der Waals surface area (Å²) in [4.78, 5) is 0. The van der Waals surface area contributed by atoms with Gasteiger partial charge in [0.1, 0.15) is 5.82 Å². The highest BCUT2D eigenvalue weighted by Gasteiger charge is 2.03. The van der Waals surface area contributed by atoms with Gasteiger partial charge in [-0.15, -0.1) is 0 Å². The maximum atomic E-state index is 13.0. The van der Waals surface area contributed by atoms with E-state index in [1.807, 2.05) is 20.8 Å². The Balaban J connectivity index is 2.90. The highest BCUT2D eigenvalue weighted by molar-refractivity contribution is 5.68. The third kappa shape index (κ3) is 2.91. The predicted octanol–water partition coefficient (Wildman–Crippen LogP) is 3.08. The van der Waals surface area contributed by atoms with Crippen molar-refractivity contribution in [3.8, 4) is 0 Å². The van der Waals surface area contributed by atoms with Gasteiger partial charge in [0.15, 0.2) is 0 Å². The Kier molecular flexibility index (Phi) is 3.74. The van der Waals surface area contributed by atoms with E-state index in [0.29, 0.717) is 6.04 Å². The minimum absolute atomic E-state index is 0.213. The van der Waals surface area contributed by atoms with Crippen molar-refractivity contribution in [2.24, 2.45) is 0 Å². The van der Waals surface area contributed by atoms with Gasteiger partial charge in [0.25, 0.3) is 0 Å². The number of halogens is 1. The van der Waals surface area contributed by atoms with Crippen molar-refractivity contribution in [3.05, 3.63) is 24.0 Å². The van der Waals surface area contributed by atoms with Crippen molar-refractivity contribution in [2.75, 3.05) is 17.2 Å². The molecule has 2 nitrogen and oxygen atoms in total. The molecule has 78 valence electrons. The zero-order valence-corrected chi connectivity index (χ0v) is 8.89. The van der Waals surface area contributed by atoms with Gasteiger partial charge in [-0.3, -0.25) is 0 Å². The summed E-state index contributed by atoms with van der Waals surface area (Å²) in [6, 6.07) is 5.03. The summed E-state index contributed by atoms with van der Waals surface area (Å²) >= 11 is 0. The molecule has 0 saturated carbocycles. The standard InChI is InChI=1S/C11H17FN2/c1-4-13-10-6-5-9(12)7-11(10)14-8(2)3/h5-8,13-14H,4H2,1-3H3. The van der Waals surface area contributed by atoms with Crippen LogP contribution in [0.15, 0.2) is 18.2 Å². The molecule has 1 rings (SSSR count). The predicted molar refractivity (Wildman–Crippen MR) is 59.3 cm³/mol. The van der Waals surface area contributed by atoms with Gasteiger partial charge in [0.2, 0.25) is 0 Å². The molecule has 0 bridgehead atoms. The van der Waals surface area contributed by atoms with Crippen LogP contribution in [0.4, 0.5) is 15.8 Å². The molecule has 0 aliphatic rings. The van der Waals surface area contributed by atoms with Crippen molar-refractivity contribution >= 4 is 11.4 Å². The number of hydrogen-bond acceptors (Lipinski definition) is 2. The maximum absolute atomic E-state index is 13.0. The van der Waals surface area contributed by atoms with Crippen LogP contribution in [0, 0.1) is 5.82 Å². The second-order valence-electron chi connectivity index (χ2n) is 3.52. The Morgan fingerprint density at radius 2 is 2.00 bits per heavy atom. The van der Waals surface area contributed by atoms with E-state index < -0.39 is 0 Å². The first-order chi connectivity index (χ1) is 6.63. The van der Waals surface area contributed by atoms with Gasteiger partial charge < -0.3 is 10.6 Å². The summed E-state index contributed by atoms with van der Waals surface area (Å²) < 4.78 is 13.0. The Labute approximate surface area is 84.5 Å². The summed E-state index contributed by atoms with van der Waals surface area (Å²) in [7, 11) is 0. The average molecular weight is 196 g/mol. The Morgan fingerprint density at radius 1 is 1.29 bits per heavy atom. The number of hydrogen-bond donors (Lipinski definition) is 2. The zero-order valence-electron chi connectivity index (χ0n) is 8.89. The SMILES string of the molecule is CCNc1ccc(F)cc1NC(C)C. The molecule has 3 heteroatoms.